The molecule has 0 bridgehead atoms. The van der Waals surface area contributed by atoms with Crippen molar-refractivity contribution in [3.63, 3.8) is 0 Å². The minimum absolute atomic E-state index is 0.0345. The number of sulfonamides is 1. The topological polar surface area (TPSA) is 66.5 Å². The van der Waals surface area contributed by atoms with E-state index in [0.717, 1.165) is 36.1 Å². The molecule has 2 aliphatic rings. The number of anilines is 2. The summed E-state index contributed by atoms with van der Waals surface area (Å²) >= 11 is 0. The summed E-state index contributed by atoms with van der Waals surface area (Å²) in [7, 11) is -3.69. The molecule has 1 saturated carbocycles. The first-order valence-corrected chi connectivity index (χ1v) is 11.2. The molecule has 0 radical (unpaired) electrons. The normalized spacial score (nSPS) is 16.8. The fraction of sp³-hybridized carbons (Fsp3) is 0.409. The number of amides is 1. The molecule has 0 saturated heterocycles. The highest BCUT2D eigenvalue weighted by Gasteiger charge is 2.36. The number of benzene rings is 2. The molecular weight excluding hydrogens is 372 g/mol. The molecule has 1 aliphatic carbocycles. The van der Waals surface area contributed by atoms with Crippen LogP contribution in [0.2, 0.25) is 0 Å². The van der Waals surface area contributed by atoms with Crippen LogP contribution in [0.15, 0.2) is 47.4 Å². The molecule has 2 aromatic carbocycles. The number of fused-ring (bicyclic) bond motifs is 1. The van der Waals surface area contributed by atoms with Crippen molar-refractivity contribution in [2.24, 2.45) is 5.92 Å². The van der Waals surface area contributed by atoms with Crippen LogP contribution >= 0.6 is 0 Å². The van der Waals surface area contributed by atoms with Crippen LogP contribution in [0.1, 0.15) is 44.7 Å². The monoisotopic (exact) mass is 398 g/mol. The molecule has 6 heteroatoms. The summed E-state index contributed by atoms with van der Waals surface area (Å²) in [6.07, 6.45) is 2.73. The third kappa shape index (κ3) is 3.65. The van der Waals surface area contributed by atoms with Crippen LogP contribution in [0.4, 0.5) is 11.4 Å². The molecule has 148 valence electrons. The lowest BCUT2D eigenvalue weighted by atomic mass is 9.87. The van der Waals surface area contributed by atoms with Gasteiger partial charge in [0.1, 0.15) is 0 Å². The van der Waals surface area contributed by atoms with E-state index in [1.54, 1.807) is 24.3 Å². The third-order valence-electron chi connectivity index (χ3n) is 5.46. The van der Waals surface area contributed by atoms with Crippen LogP contribution in [-0.2, 0) is 26.7 Å². The summed E-state index contributed by atoms with van der Waals surface area (Å²) in [6.45, 7) is 6.95. The average molecular weight is 399 g/mol. The van der Waals surface area contributed by atoms with E-state index in [4.69, 9.17) is 0 Å². The lowest BCUT2D eigenvalue weighted by Crippen LogP contribution is -2.30. The van der Waals surface area contributed by atoms with Gasteiger partial charge in [-0.1, -0.05) is 39.0 Å². The molecule has 2 aromatic rings. The Labute approximate surface area is 166 Å². The molecule has 0 aromatic heterocycles. The zero-order chi connectivity index (χ0) is 20.1. The Kier molecular flexibility index (Phi) is 4.49. The lowest BCUT2D eigenvalue weighted by molar-refractivity contribution is -0.119. The van der Waals surface area contributed by atoms with Gasteiger partial charge in [-0.3, -0.25) is 9.52 Å². The highest BCUT2D eigenvalue weighted by Crippen LogP contribution is 2.37. The smallest absolute Gasteiger partial charge is 0.261 e. The van der Waals surface area contributed by atoms with Crippen molar-refractivity contribution in [3.8, 4) is 0 Å². The summed E-state index contributed by atoms with van der Waals surface area (Å²) in [4.78, 5) is 14.5. The van der Waals surface area contributed by atoms with E-state index in [0.29, 0.717) is 12.2 Å². The number of carbonyl (C=O) groups is 1. The molecule has 0 atom stereocenters. The second kappa shape index (κ2) is 6.62. The van der Waals surface area contributed by atoms with Crippen molar-refractivity contribution in [3.05, 3.63) is 53.6 Å². The van der Waals surface area contributed by atoms with E-state index in [-0.39, 0.29) is 22.1 Å². The van der Waals surface area contributed by atoms with Crippen molar-refractivity contribution in [2.45, 2.75) is 50.3 Å². The second-order valence-corrected chi connectivity index (χ2v) is 10.4. The zero-order valence-electron chi connectivity index (χ0n) is 16.5. The highest BCUT2D eigenvalue weighted by atomic mass is 32.2. The van der Waals surface area contributed by atoms with E-state index < -0.39 is 10.0 Å². The summed E-state index contributed by atoms with van der Waals surface area (Å²) < 4.78 is 28.3. The third-order valence-corrected chi connectivity index (χ3v) is 6.85. The van der Waals surface area contributed by atoms with E-state index in [1.165, 1.54) is 0 Å². The Morgan fingerprint density at radius 2 is 1.75 bits per heavy atom. The maximum Gasteiger partial charge on any atom is 0.261 e. The molecule has 0 unspecified atom stereocenters. The summed E-state index contributed by atoms with van der Waals surface area (Å²) in [6, 6.07) is 12.4. The predicted molar refractivity (Wildman–Crippen MR) is 111 cm³/mol. The van der Waals surface area contributed by atoms with E-state index >= 15 is 0 Å². The average Bonchev–Trinajstić information content (AvgIpc) is 3.40. The standard InChI is InChI=1S/C22H26N2O3S/c1-22(2,3)17-7-10-19(11-8-17)28(26,27)23-18-9-6-15-12-13-24(20(15)14-18)21(25)16-4-5-16/h6-11,14,16,23H,4-5,12-13H2,1-3H3. The van der Waals surface area contributed by atoms with Crippen molar-refractivity contribution in [2.75, 3.05) is 16.2 Å². The number of carbonyl (C=O) groups excluding carboxylic acids is 1. The highest BCUT2D eigenvalue weighted by molar-refractivity contribution is 7.92. The van der Waals surface area contributed by atoms with Crippen LogP contribution < -0.4 is 9.62 Å². The molecule has 1 aliphatic heterocycles. The molecule has 1 fully saturated rings. The van der Waals surface area contributed by atoms with Gasteiger partial charge < -0.3 is 4.90 Å². The van der Waals surface area contributed by atoms with Crippen LogP contribution in [0.25, 0.3) is 0 Å². The maximum absolute atomic E-state index is 12.8. The van der Waals surface area contributed by atoms with Crippen molar-refractivity contribution < 1.29 is 13.2 Å². The largest absolute Gasteiger partial charge is 0.312 e. The Balaban J connectivity index is 1.57. The Hall–Kier alpha value is -2.34. The minimum atomic E-state index is -3.69. The van der Waals surface area contributed by atoms with E-state index in [2.05, 4.69) is 25.5 Å². The first-order valence-electron chi connectivity index (χ1n) is 9.73. The van der Waals surface area contributed by atoms with Gasteiger partial charge in [0.05, 0.1) is 10.6 Å². The molecular formula is C22H26N2O3S. The number of nitrogens with zero attached hydrogens (tertiary/aromatic N) is 1. The Bertz CT molecular complexity index is 1020. The number of rotatable bonds is 4. The van der Waals surface area contributed by atoms with Gasteiger partial charge in [-0.25, -0.2) is 8.42 Å². The first-order chi connectivity index (χ1) is 13.1. The lowest BCUT2D eigenvalue weighted by Gasteiger charge is -2.19. The number of hydrogen-bond donors (Lipinski definition) is 1. The zero-order valence-corrected chi connectivity index (χ0v) is 17.3. The number of nitrogens with one attached hydrogen (secondary N) is 1. The van der Waals surface area contributed by atoms with Crippen molar-refractivity contribution in [1.29, 1.82) is 0 Å². The summed E-state index contributed by atoms with van der Waals surface area (Å²) in [5, 5.41) is 0. The van der Waals surface area contributed by atoms with Crippen LogP contribution in [0.5, 0.6) is 0 Å². The van der Waals surface area contributed by atoms with Gasteiger partial charge in [-0.05, 0) is 60.1 Å². The fourth-order valence-electron chi connectivity index (χ4n) is 3.57. The van der Waals surface area contributed by atoms with Crippen LogP contribution in [0, 0.1) is 5.92 Å². The molecule has 4 rings (SSSR count). The molecule has 28 heavy (non-hydrogen) atoms. The summed E-state index contributed by atoms with van der Waals surface area (Å²) in [5.41, 5.74) is 3.45. The quantitative estimate of drug-likeness (QED) is 0.844. The molecule has 0 spiro atoms. The van der Waals surface area contributed by atoms with Gasteiger partial charge in [0, 0.05) is 18.2 Å². The second-order valence-electron chi connectivity index (χ2n) is 8.74. The van der Waals surface area contributed by atoms with Crippen molar-refractivity contribution >= 4 is 27.3 Å². The SMILES string of the molecule is CC(C)(C)c1ccc(S(=O)(=O)Nc2ccc3c(c2)N(C(=O)C2CC2)CC3)cc1. The van der Waals surface area contributed by atoms with Gasteiger partial charge in [-0.15, -0.1) is 0 Å². The number of hydrogen-bond acceptors (Lipinski definition) is 3. The Morgan fingerprint density at radius 3 is 2.36 bits per heavy atom. The first kappa shape index (κ1) is 19.0. The maximum atomic E-state index is 12.8. The van der Waals surface area contributed by atoms with Crippen LogP contribution in [0.3, 0.4) is 0 Å². The Morgan fingerprint density at radius 1 is 1.07 bits per heavy atom. The summed E-state index contributed by atoms with van der Waals surface area (Å²) in [5.74, 6) is 0.309. The van der Waals surface area contributed by atoms with Gasteiger partial charge in [0.15, 0.2) is 0 Å². The fourth-order valence-corrected chi connectivity index (χ4v) is 4.62. The minimum Gasteiger partial charge on any atom is -0.312 e. The van der Waals surface area contributed by atoms with Crippen LogP contribution in [-0.4, -0.2) is 20.9 Å². The predicted octanol–water partition coefficient (Wildman–Crippen LogP) is 4.08. The molecule has 1 amide bonds. The van der Waals surface area contributed by atoms with E-state index in [9.17, 15) is 13.2 Å². The van der Waals surface area contributed by atoms with E-state index in [1.807, 2.05) is 23.1 Å². The van der Waals surface area contributed by atoms with Crippen molar-refractivity contribution in [1.82, 2.24) is 0 Å². The van der Waals surface area contributed by atoms with Gasteiger partial charge >= 0.3 is 0 Å². The van der Waals surface area contributed by atoms with Gasteiger partial charge in [0.2, 0.25) is 5.91 Å². The molecule has 1 N–H and O–H groups in total. The molecule has 1 heterocycles. The van der Waals surface area contributed by atoms with Gasteiger partial charge in [0.25, 0.3) is 10.0 Å². The van der Waals surface area contributed by atoms with Gasteiger partial charge in [-0.2, -0.15) is 0 Å². The molecule has 5 nitrogen and oxygen atoms in total.